The summed E-state index contributed by atoms with van der Waals surface area (Å²) in [6.45, 7) is 3.85. The average Bonchev–Trinajstić information content (AvgIpc) is 2.50. The van der Waals surface area contributed by atoms with Crippen molar-refractivity contribution in [3.63, 3.8) is 0 Å². The number of nitrogen functional groups attached to an aromatic ring is 1. The molecule has 0 radical (unpaired) electrons. The predicted octanol–water partition coefficient (Wildman–Crippen LogP) is 3.15. The Balaban J connectivity index is 1.97. The van der Waals surface area contributed by atoms with Crippen LogP contribution in [0, 0.1) is 5.82 Å². The zero-order valence-corrected chi connectivity index (χ0v) is 13.1. The van der Waals surface area contributed by atoms with Crippen molar-refractivity contribution in [1.82, 2.24) is 0 Å². The third kappa shape index (κ3) is 2.86. The zero-order chi connectivity index (χ0) is 16.6. The van der Waals surface area contributed by atoms with E-state index in [1.807, 2.05) is 13.8 Å². The summed E-state index contributed by atoms with van der Waals surface area (Å²) in [7, 11) is 0. The molecule has 0 aromatic heterocycles. The van der Waals surface area contributed by atoms with E-state index in [0.29, 0.717) is 22.7 Å². The molecule has 0 spiro atoms. The third-order valence-electron chi connectivity index (χ3n) is 3.90. The second kappa shape index (κ2) is 5.91. The van der Waals surface area contributed by atoms with Crippen LogP contribution in [0.1, 0.15) is 19.4 Å². The summed E-state index contributed by atoms with van der Waals surface area (Å²) in [5.41, 5.74) is 7.52. The van der Waals surface area contributed by atoms with Crippen LogP contribution >= 0.6 is 0 Å². The van der Waals surface area contributed by atoms with Crippen LogP contribution < -0.4 is 15.4 Å². The van der Waals surface area contributed by atoms with Crippen molar-refractivity contribution in [2.45, 2.75) is 32.4 Å². The first-order chi connectivity index (χ1) is 11.0. The van der Waals surface area contributed by atoms with E-state index in [1.54, 1.807) is 41.3 Å². The summed E-state index contributed by atoms with van der Waals surface area (Å²) in [5, 5.41) is 0. The number of anilines is 2. The number of benzene rings is 2. The maximum absolute atomic E-state index is 13.9. The topological polar surface area (TPSA) is 55.6 Å². The Morgan fingerprint density at radius 3 is 2.70 bits per heavy atom. The molecule has 0 saturated heterocycles. The Morgan fingerprint density at radius 2 is 2.00 bits per heavy atom. The molecule has 1 amide bonds. The molecular formula is C18H19FN2O2. The van der Waals surface area contributed by atoms with Crippen LogP contribution in [0.4, 0.5) is 15.8 Å². The van der Waals surface area contributed by atoms with Gasteiger partial charge in [0.05, 0.1) is 5.69 Å². The van der Waals surface area contributed by atoms with Crippen molar-refractivity contribution in [1.29, 1.82) is 0 Å². The molecule has 0 saturated carbocycles. The van der Waals surface area contributed by atoms with Gasteiger partial charge in [-0.3, -0.25) is 4.79 Å². The number of ether oxygens (including phenoxy) is 1. The van der Waals surface area contributed by atoms with Crippen molar-refractivity contribution in [3.05, 3.63) is 53.8 Å². The van der Waals surface area contributed by atoms with Crippen LogP contribution in [-0.2, 0) is 11.2 Å². The molecule has 120 valence electrons. The van der Waals surface area contributed by atoms with Gasteiger partial charge in [0.25, 0.3) is 5.91 Å². The van der Waals surface area contributed by atoms with E-state index in [-0.39, 0.29) is 24.2 Å². The van der Waals surface area contributed by atoms with Crippen molar-refractivity contribution < 1.29 is 13.9 Å². The van der Waals surface area contributed by atoms with Gasteiger partial charge in [0.2, 0.25) is 0 Å². The Kier molecular flexibility index (Phi) is 3.94. The summed E-state index contributed by atoms with van der Waals surface area (Å²) in [6, 6.07) is 11.6. The van der Waals surface area contributed by atoms with E-state index in [4.69, 9.17) is 10.5 Å². The van der Waals surface area contributed by atoms with E-state index in [2.05, 4.69) is 0 Å². The van der Waals surface area contributed by atoms with Gasteiger partial charge in [0, 0.05) is 18.2 Å². The van der Waals surface area contributed by atoms with Crippen molar-refractivity contribution in [2.24, 2.45) is 0 Å². The largest absolute Gasteiger partial charge is 0.478 e. The average molecular weight is 314 g/mol. The summed E-state index contributed by atoms with van der Waals surface area (Å²) in [5.74, 6) is 0.0818. The maximum atomic E-state index is 13.9. The lowest BCUT2D eigenvalue weighted by atomic mass is 10.0. The van der Waals surface area contributed by atoms with Gasteiger partial charge in [-0.1, -0.05) is 18.2 Å². The number of hydrogen-bond acceptors (Lipinski definition) is 3. The third-order valence-corrected chi connectivity index (χ3v) is 3.90. The van der Waals surface area contributed by atoms with Crippen molar-refractivity contribution >= 4 is 17.3 Å². The first kappa shape index (κ1) is 15.3. The van der Waals surface area contributed by atoms with Gasteiger partial charge >= 0.3 is 0 Å². The minimum absolute atomic E-state index is 0.0462. The number of nitrogens with two attached hydrogens (primary N) is 1. The molecule has 3 rings (SSSR count). The van der Waals surface area contributed by atoms with Crippen molar-refractivity contribution in [3.8, 4) is 5.75 Å². The van der Waals surface area contributed by atoms with Gasteiger partial charge in [-0.2, -0.15) is 0 Å². The molecule has 1 heterocycles. The molecule has 0 bridgehead atoms. The lowest BCUT2D eigenvalue weighted by molar-refractivity contribution is -0.126. The molecule has 2 aromatic carbocycles. The number of hydrogen-bond donors (Lipinski definition) is 1. The molecule has 2 N–H and O–H groups in total. The Morgan fingerprint density at radius 1 is 1.26 bits per heavy atom. The first-order valence-corrected chi connectivity index (χ1v) is 7.60. The number of carbonyl (C=O) groups excluding carboxylic acids is 1. The molecule has 1 aliphatic heterocycles. The molecule has 4 nitrogen and oxygen atoms in total. The monoisotopic (exact) mass is 314 g/mol. The van der Waals surface area contributed by atoms with E-state index in [1.165, 1.54) is 6.07 Å². The molecule has 1 unspecified atom stereocenters. The Labute approximate surface area is 134 Å². The summed E-state index contributed by atoms with van der Waals surface area (Å²) >= 11 is 0. The highest BCUT2D eigenvalue weighted by atomic mass is 19.1. The maximum Gasteiger partial charge on any atom is 0.268 e. The normalized spacial score (nSPS) is 17.1. The molecule has 23 heavy (non-hydrogen) atoms. The lowest BCUT2D eigenvalue weighted by Crippen LogP contribution is -2.50. The Bertz CT molecular complexity index is 746. The number of nitrogens with zero attached hydrogens (tertiary/aromatic N) is 1. The van der Waals surface area contributed by atoms with E-state index in [0.717, 1.165) is 0 Å². The van der Waals surface area contributed by atoms with Gasteiger partial charge in [-0.25, -0.2) is 4.39 Å². The number of fused-ring (bicyclic) bond motifs is 1. The predicted molar refractivity (Wildman–Crippen MR) is 88.0 cm³/mol. The van der Waals surface area contributed by atoms with Crippen LogP contribution in [0.5, 0.6) is 5.75 Å². The number of carbonyl (C=O) groups is 1. The van der Waals surface area contributed by atoms with E-state index in [9.17, 15) is 9.18 Å². The Hall–Kier alpha value is -2.56. The summed E-state index contributed by atoms with van der Waals surface area (Å²) in [4.78, 5) is 14.5. The van der Waals surface area contributed by atoms with Gasteiger partial charge in [-0.05, 0) is 43.7 Å². The van der Waals surface area contributed by atoms with Crippen LogP contribution in [-0.4, -0.2) is 18.1 Å². The minimum Gasteiger partial charge on any atom is -0.478 e. The SMILES string of the molecule is CC(C)N1C(=O)C(Cc2ccccc2F)Oc2ccc(N)cc21. The van der Waals surface area contributed by atoms with Gasteiger partial charge in [0.15, 0.2) is 6.10 Å². The first-order valence-electron chi connectivity index (χ1n) is 7.60. The van der Waals surface area contributed by atoms with Crippen LogP contribution in [0.25, 0.3) is 0 Å². The van der Waals surface area contributed by atoms with Gasteiger partial charge < -0.3 is 15.4 Å². The molecule has 0 fully saturated rings. The van der Waals surface area contributed by atoms with Gasteiger partial charge in [-0.15, -0.1) is 0 Å². The zero-order valence-electron chi connectivity index (χ0n) is 13.1. The molecule has 2 aromatic rings. The highest BCUT2D eigenvalue weighted by molar-refractivity contribution is 6.01. The standard InChI is InChI=1S/C18H19FN2O2/c1-11(2)21-15-10-13(20)7-8-16(15)23-17(18(21)22)9-12-5-3-4-6-14(12)19/h3-8,10-11,17H,9,20H2,1-2H3. The van der Waals surface area contributed by atoms with Crippen LogP contribution in [0.2, 0.25) is 0 Å². The number of halogens is 1. The molecule has 1 atom stereocenters. The van der Waals surface area contributed by atoms with E-state index >= 15 is 0 Å². The molecule has 0 aliphatic carbocycles. The summed E-state index contributed by atoms with van der Waals surface area (Å²) < 4.78 is 19.7. The highest BCUT2D eigenvalue weighted by Gasteiger charge is 2.36. The second-order valence-electron chi connectivity index (χ2n) is 5.93. The van der Waals surface area contributed by atoms with Gasteiger partial charge in [0.1, 0.15) is 11.6 Å². The fourth-order valence-corrected chi connectivity index (χ4v) is 2.83. The quantitative estimate of drug-likeness (QED) is 0.886. The number of amides is 1. The fourth-order valence-electron chi connectivity index (χ4n) is 2.83. The second-order valence-corrected chi connectivity index (χ2v) is 5.93. The van der Waals surface area contributed by atoms with Crippen LogP contribution in [0.3, 0.4) is 0 Å². The lowest BCUT2D eigenvalue weighted by Gasteiger charge is -2.37. The number of rotatable bonds is 3. The molecular weight excluding hydrogens is 295 g/mol. The smallest absolute Gasteiger partial charge is 0.268 e. The summed E-state index contributed by atoms with van der Waals surface area (Å²) in [6.07, 6.45) is -0.552. The van der Waals surface area contributed by atoms with Crippen LogP contribution in [0.15, 0.2) is 42.5 Å². The van der Waals surface area contributed by atoms with Crippen molar-refractivity contribution in [2.75, 3.05) is 10.6 Å². The molecule has 5 heteroatoms. The minimum atomic E-state index is -0.745. The fraction of sp³-hybridized carbons (Fsp3) is 0.278. The van der Waals surface area contributed by atoms with E-state index < -0.39 is 6.10 Å². The highest BCUT2D eigenvalue weighted by Crippen LogP contribution is 2.37. The molecule has 1 aliphatic rings.